The van der Waals surface area contributed by atoms with Crippen molar-refractivity contribution in [1.29, 1.82) is 5.26 Å². The molecular formula is C19H21N. The Hall–Kier alpha value is -2.07. The van der Waals surface area contributed by atoms with Gasteiger partial charge in [-0.1, -0.05) is 80.9 Å². The van der Waals surface area contributed by atoms with Crippen molar-refractivity contribution in [2.75, 3.05) is 0 Å². The smallest absolute Gasteiger partial charge is 0.0887 e. The number of nitriles is 1. The Morgan fingerprint density at radius 2 is 1.55 bits per heavy atom. The van der Waals surface area contributed by atoms with Crippen LogP contribution in [0, 0.1) is 11.3 Å². The maximum atomic E-state index is 9.94. The van der Waals surface area contributed by atoms with Crippen molar-refractivity contribution in [2.45, 2.75) is 38.0 Å². The van der Waals surface area contributed by atoms with Crippen LogP contribution in [0.25, 0.3) is 0 Å². The van der Waals surface area contributed by atoms with Crippen LogP contribution in [0.1, 0.15) is 43.7 Å². The number of benzene rings is 2. The molecule has 0 saturated heterocycles. The molecule has 1 heteroatoms. The van der Waals surface area contributed by atoms with Crippen LogP contribution < -0.4 is 0 Å². The van der Waals surface area contributed by atoms with Gasteiger partial charge in [0.05, 0.1) is 11.5 Å². The minimum Gasteiger partial charge on any atom is -0.197 e. The van der Waals surface area contributed by atoms with Gasteiger partial charge in [0.1, 0.15) is 0 Å². The molecule has 0 N–H and O–H groups in total. The Bertz CT molecular complexity index is 568. The lowest BCUT2D eigenvalue weighted by molar-refractivity contribution is 0.422. The van der Waals surface area contributed by atoms with Crippen molar-refractivity contribution >= 4 is 0 Å². The molecule has 2 rings (SSSR count). The van der Waals surface area contributed by atoms with E-state index in [1.807, 2.05) is 36.4 Å². The van der Waals surface area contributed by atoms with Crippen LogP contribution in [0.15, 0.2) is 60.7 Å². The fourth-order valence-corrected chi connectivity index (χ4v) is 2.98. The Labute approximate surface area is 121 Å². The highest BCUT2D eigenvalue weighted by Crippen LogP contribution is 2.42. The predicted molar refractivity (Wildman–Crippen MR) is 83.5 cm³/mol. The van der Waals surface area contributed by atoms with E-state index >= 15 is 0 Å². The molecule has 102 valence electrons. The molecule has 0 bridgehead atoms. The van der Waals surface area contributed by atoms with Gasteiger partial charge in [-0.25, -0.2) is 0 Å². The summed E-state index contributed by atoms with van der Waals surface area (Å²) < 4.78 is 0. The monoisotopic (exact) mass is 263 g/mol. The van der Waals surface area contributed by atoms with E-state index in [0.29, 0.717) is 0 Å². The van der Waals surface area contributed by atoms with Crippen molar-refractivity contribution in [3.05, 3.63) is 71.8 Å². The van der Waals surface area contributed by atoms with Crippen LogP contribution in [-0.4, -0.2) is 0 Å². The van der Waals surface area contributed by atoms with Gasteiger partial charge in [0.2, 0.25) is 0 Å². The summed E-state index contributed by atoms with van der Waals surface area (Å²) in [5.41, 5.74) is 1.91. The quantitative estimate of drug-likeness (QED) is 0.740. The molecule has 0 aromatic heterocycles. The van der Waals surface area contributed by atoms with Crippen LogP contribution in [-0.2, 0) is 5.41 Å². The van der Waals surface area contributed by atoms with E-state index in [9.17, 15) is 5.26 Å². The van der Waals surface area contributed by atoms with Gasteiger partial charge in [0, 0.05) is 5.92 Å². The van der Waals surface area contributed by atoms with Crippen molar-refractivity contribution < 1.29 is 0 Å². The third-order valence-corrected chi connectivity index (χ3v) is 4.17. The number of hydrogen-bond acceptors (Lipinski definition) is 1. The molecule has 0 unspecified atom stereocenters. The minimum absolute atomic E-state index is 0.177. The van der Waals surface area contributed by atoms with Crippen molar-refractivity contribution in [1.82, 2.24) is 0 Å². The molecule has 0 heterocycles. The van der Waals surface area contributed by atoms with Gasteiger partial charge < -0.3 is 0 Å². The average Bonchev–Trinajstić information content (AvgIpc) is 2.54. The van der Waals surface area contributed by atoms with Gasteiger partial charge in [-0.15, -0.1) is 0 Å². The molecule has 0 aliphatic carbocycles. The first kappa shape index (κ1) is 14.3. The molecule has 0 saturated carbocycles. The number of rotatable bonds is 5. The van der Waals surface area contributed by atoms with E-state index in [2.05, 4.69) is 44.2 Å². The maximum absolute atomic E-state index is 9.94. The van der Waals surface area contributed by atoms with Crippen molar-refractivity contribution in [3.63, 3.8) is 0 Å². The second-order valence-electron chi connectivity index (χ2n) is 5.33. The SMILES string of the molecule is CCC[C@@](C#N)(c1ccccc1)[C@H](C)c1ccccc1. The van der Waals surface area contributed by atoms with Crippen molar-refractivity contribution in [2.24, 2.45) is 0 Å². The van der Waals surface area contributed by atoms with Gasteiger partial charge in [-0.3, -0.25) is 0 Å². The average molecular weight is 263 g/mol. The molecule has 2 aromatic rings. The molecule has 0 fully saturated rings. The molecule has 0 amide bonds. The molecule has 2 aromatic carbocycles. The first-order chi connectivity index (χ1) is 9.74. The molecule has 1 nitrogen and oxygen atoms in total. The topological polar surface area (TPSA) is 23.8 Å². The summed E-state index contributed by atoms with van der Waals surface area (Å²) in [6.45, 7) is 4.31. The summed E-state index contributed by atoms with van der Waals surface area (Å²) in [4.78, 5) is 0. The normalized spacial score (nSPS) is 15.1. The van der Waals surface area contributed by atoms with Gasteiger partial charge in [-0.2, -0.15) is 5.26 Å². The van der Waals surface area contributed by atoms with Crippen LogP contribution in [0.2, 0.25) is 0 Å². The maximum Gasteiger partial charge on any atom is 0.0887 e. The Morgan fingerprint density at radius 3 is 2.05 bits per heavy atom. The van der Waals surface area contributed by atoms with E-state index in [1.165, 1.54) is 5.56 Å². The standard InChI is InChI=1S/C19H21N/c1-3-14-19(15-20,18-12-8-5-9-13-18)16(2)17-10-6-4-7-11-17/h4-13,16H,3,14H2,1-2H3/t16-,19+/m1/s1. The molecule has 0 aliphatic rings. The van der Waals surface area contributed by atoms with Gasteiger partial charge in [-0.05, 0) is 17.5 Å². The Morgan fingerprint density at radius 1 is 1.00 bits per heavy atom. The van der Waals surface area contributed by atoms with Crippen LogP contribution in [0.3, 0.4) is 0 Å². The highest BCUT2D eigenvalue weighted by molar-refractivity contribution is 5.39. The van der Waals surface area contributed by atoms with E-state index in [0.717, 1.165) is 18.4 Å². The zero-order valence-electron chi connectivity index (χ0n) is 12.2. The fourth-order valence-electron chi connectivity index (χ4n) is 2.98. The summed E-state index contributed by atoms with van der Waals surface area (Å²) in [5, 5.41) is 9.94. The lowest BCUT2D eigenvalue weighted by Crippen LogP contribution is -2.30. The Kier molecular flexibility index (Phi) is 4.58. The molecule has 0 radical (unpaired) electrons. The zero-order chi connectivity index (χ0) is 14.4. The summed E-state index contributed by atoms with van der Waals surface area (Å²) >= 11 is 0. The molecule has 20 heavy (non-hydrogen) atoms. The summed E-state index contributed by atoms with van der Waals surface area (Å²) in [7, 11) is 0. The highest BCUT2D eigenvalue weighted by Gasteiger charge is 2.38. The lowest BCUT2D eigenvalue weighted by Gasteiger charge is -2.33. The van der Waals surface area contributed by atoms with E-state index < -0.39 is 5.41 Å². The number of nitrogens with zero attached hydrogens (tertiary/aromatic N) is 1. The van der Waals surface area contributed by atoms with E-state index in [1.54, 1.807) is 0 Å². The van der Waals surface area contributed by atoms with Crippen LogP contribution in [0.5, 0.6) is 0 Å². The second kappa shape index (κ2) is 6.39. The molecule has 0 spiro atoms. The molecule has 0 aliphatic heterocycles. The second-order valence-corrected chi connectivity index (χ2v) is 5.33. The summed E-state index contributed by atoms with van der Waals surface area (Å²) in [5.74, 6) is 0.177. The summed E-state index contributed by atoms with van der Waals surface area (Å²) in [6.07, 6.45) is 1.88. The minimum atomic E-state index is -0.447. The third-order valence-electron chi connectivity index (χ3n) is 4.17. The highest BCUT2D eigenvalue weighted by atomic mass is 14.4. The molecule has 2 atom stereocenters. The van der Waals surface area contributed by atoms with Gasteiger partial charge >= 0.3 is 0 Å². The first-order valence-electron chi connectivity index (χ1n) is 7.26. The predicted octanol–water partition coefficient (Wildman–Crippen LogP) is 5.05. The van der Waals surface area contributed by atoms with E-state index in [4.69, 9.17) is 0 Å². The van der Waals surface area contributed by atoms with Gasteiger partial charge in [0.25, 0.3) is 0 Å². The van der Waals surface area contributed by atoms with Crippen LogP contribution >= 0.6 is 0 Å². The number of hydrogen-bond donors (Lipinski definition) is 0. The van der Waals surface area contributed by atoms with Gasteiger partial charge in [0.15, 0.2) is 0 Å². The van der Waals surface area contributed by atoms with E-state index in [-0.39, 0.29) is 5.92 Å². The largest absolute Gasteiger partial charge is 0.197 e. The first-order valence-corrected chi connectivity index (χ1v) is 7.26. The molecular weight excluding hydrogens is 242 g/mol. The lowest BCUT2D eigenvalue weighted by atomic mass is 9.67. The van der Waals surface area contributed by atoms with Crippen molar-refractivity contribution in [3.8, 4) is 6.07 Å². The summed E-state index contributed by atoms with van der Waals surface area (Å²) in [6, 6.07) is 23.2. The fraction of sp³-hybridized carbons (Fsp3) is 0.316. The Balaban J connectivity index is 2.50. The third kappa shape index (κ3) is 2.60. The zero-order valence-corrected chi connectivity index (χ0v) is 12.2. The van der Waals surface area contributed by atoms with Crippen LogP contribution in [0.4, 0.5) is 0 Å².